The van der Waals surface area contributed by atoms with Crippen LogP contribution >= 0.6 is 0 Å². The summed E-state index contributed by atoms with van der Waals surface area (Å²) in [5, 5.41) is 0.901. The Hall–Kier alpha value is -3.73. The lowest BCUT2D eigenvalue weighted by Crippen LogP contribution is -2.32. The normalized spacial score (nSPS) is 13.0. The Balaban J connectivity index is 1.61. The monoisotopic (exact) mass is 427 g/mol. The van der Waals surface area contributed by atoms with Crippen LogP contribution in [-0.4, -0.2) is 13.8 Å². The first-order chi connectivity index (χ1) is 15.6. The Morgan fingerprint density at radius 2 is 1.78 bits per heavy atom. The van der Waals surface area contributed by atoms with E-state index >= 15 is 0 Å². The fraction of sp³-hybridized carbons (Fsp3) is 0.222. The van der Waals surface area contributed by atoms with Crippen molar-refractivity contribution in [3.8, 4) is 22.6 Å². The number of fused-ring (bicyclic) bond motifs is 2. The maximum absolute atomic E-state index is 12.4. The van der Waals surface area contributed by atoms with Crippen molar-refractivity contribution in [1.29, 1.82) is 0 Å². The number of rotatable bonds is 4. The van der Waals surface area contributed by atoms with E-state index in [-0.39, 0.29) is 5.63 Å². The van der Waals surface area contributed by atoms with Crippen molar-refractivity contribution in [2.24, 2.45) is 0 Å². The van der Waals surface area contributed by atoms with Crippen molar-refractivity contribution in [2.45, 2.75) is 26.8 Å². The predicted octanol–water partition coefficient (Wildman–Crippen LogP) is 5.70. The Labute approximate surface area is 186 Å². The SMILES string of the molecule is CCc1ccc(N2COc3c(cc4c(-c5ccc(OC)cc5)cc(=O)oc4c3C)C2)cc1. The fourth-order valence-corrected chi connectivity index (χ4v) is 4.34. The van der Waals surface area contributed by atoms with Crippen molar-refractivity contribution >= 4 is 16.7 Å². The molecule has 0 spiro atoms. The van der Waals surface area contributed by atoms with Gasteiger partial charge in [0.2, 0.25) is 0 Å². The van der Waals surface area contributed by atoms with E-state index in [1.54, 1.807) is 13.2 Å². The topological polar surface area (TPSA) is 51.9 Å². The summed E-state index contributed by atoms with van der Waals surface area (Å²) in [6.45, 7) is 5.28. The summed E-state index contributed by atoms with van der Waals surface area (Å²) in [6.07, 6.45) is 1.02. The minimum Gasteiger partial charge on any atom is -0.497 e. The van der Waals surface area contributed by atoms with E-state index in [0.29, 0.717) is 12.3 Å². The molecule has 32 heavy (non-hydrogen) atoms. The van der Waals surface area contributed by atoms with Crippen LogP contribution in [0.2, 0.25) is 0 Å². The lowest BCUT2D eigenvalue weighted by atomic mass is 9.96. The van der Waals surface area contributed by atoms with Gasteiger partial charge in [-0.1, -0.05) is 31.2 Å². The highest BCUT2D eigenvalue weighted by molar-refractivity contribution is 5.96. The zero-order valence-corrected chi connectivity index (χ0v) is 18.5. The molecule has 5 nitrogen and oxygen atoms in total. The second-order valence-electron chi connectivity index (χ2n) is 8.07. The summed E-state index contributed by atoms with van der Waals surface area (Å²) in [6, 6.07) is 20.0. The van der Waals surface area contributed by atoms with Crippen LogP contribution in [0.1, 0.15) is 23.6 Å². The van der Waals surface area contributed by atoms with E-state index in [1.807, 2.05) is 31.2 Å². The number of ether oxygens (including phenoxy) is 2. The molecule has 1 aliphatic heterocycles. The molecule has 5 rings (SSSR count). The van der Waals surface area contributed by atoms with E-state index in [0.717, 1.165) is 57.8 Å². The Morgan fingerprint density at radius 3 is 2.47 bits per heavy atom. The van der Waals surface area contributed by atoms with Crippen LogP contribution in [0.4, 0.5) is 5.69 Å². The molecule has 0 aliphatic carbocycles. The van der Waals surface area contributed by atoms with Gasteiger partial charge < -0.3 is 18.8 Å². The van der Waals surface area contributed by atoms with E-state index < -0.39 is 0 Å². The molecule has 0 atom stereocenters. The predicted molar refractivity (Wildman–Crippen MR) is 127 cm³/mol. The van der Waals surface area contributed by atoms with Crippen molar-refractivity contribution < 1.29 is 13.9 Å². The third-order valence-electron chi connectivity index (χ3n) is 6.13. The smallest absolute Gasteiger partial charge is 0.336 e. The number of hydrogen-bond donors (Lipinski definition) is 0. The Bertz CT molecular complexity index is 1340. The minimum atomic E-state index is -0.375. The molecule has 0 amide bonds. The van der Waals surface area contributed by atoms with Gasteiger partial charge in [0.15, 0.2) is 6.73 Å². The van der Waals surface area contributed by atoms with Gasteiger partial charge in [0.1, 0.15) is 17.1 Å². The summed E-state index contributed by atoms with van der Waals surface area (Å²) in [7, 11) is 1.64. The summed E-state index contributed by atoms with van der Waals surface area (Å²) < 4.78 is 17.1. The summed E-state index contributed by atoms with van der Waals surface area (Å²) in [5.74, 6) is 1.57. The van der Waals surface area contributed by atoms with Crippen LogP contribution in [0.3, 0.4) is 0 Å². The minimum absolute atomic E-state index is 0.375. The first-order valence-corrected chi connectivity index (χ1v) is 10.8. The van der Waals surface area contributed by atoms with E-state index in [4.69, 9.17) is 13.9 Å². The van der Waals surface area contributed by atoms with Gasteiger partial charge in [-0.25, -0.2) is 4.79 Å². The molecule has 3 aromatic carbocycles. The van der Waals surface area contributed by atoms with E-state index in [2.05, 4.69) is 42.2 Å². The molecule has 162 valence electrons. The second kappa shape index (κ2) is 8.08. The fourth-order valence-electron chi connectivity index (χ4n) is 4.34. The summed E-state index contributed by atoms with van der Waals surface area (Å²) in [5.41, 5.74) is 6.34. The lowest BCUT2D eigenvalue weighted by molar-refractivity contribution is 0.287. The number of nitrogens with zero attached hydrogens (tertiary/aromatic N) is 1. The molecule has 0 saturated carbocycles. The third-order valence-corrected chi connectivity index (χ3v) is 6.13. The molecule has 5 heteroatoms. The van der Waals surface area contributed by atoms with Gasteiger partial charge in [0.25, 0.3) is 0 Å². The average Bonchev–Trinajstić information content (AvgIpc) is 2.84. The first kappa shape index (κ1) is 20.2. The van der Waals surface area contributed by atoms with Crippen molar-refractivity contribution in [1.82, 2.24) is 0 Å². The molecule has 0 N–H and O–H groups in total. The highest BCUT2D eigenvalue weighted by Crippen LogP contribution is 2.39. The molecule has 0 saturated heterocycles. The molecular weight excluding hydrogens is 402 g/mol. The molecule has 0 unspecified atom stereocenters. The van der Waals surface area contributed by atoms with Crippen molar-refractivity contribution in [3.05, 3.63) is 87.8 Å². The van der Waals surface area contributed by atoms with Gasteiger partial charge in [-0.05, 0) is 60.4 Å². The van der Waals surface area contributed by atoms with E-state index in [9.17, 15) is 4.79 Å². The highest BCUT2D eigenvalue weighted by atomic mass is 16.5. The van der Waals surface area contributed by atoms with Gasteiger partial charge in [0.05, 0.1) is 7.11 Å². The van der Waals surface area contributed by atoms with Crippen molar-refractivity contribution in [3.63, 3.8) is 0 Å². The van der Waals surface area contributed by atoms with E-state index in [1.165, 1.54) is 5.56 Å². The zero-order chi connectivity index (χ0) is 22.2. The molecular formula is C27H25NO4. The maximum atomic E-state index is 12.4. The Morgan fingerprint density at radius 1 is 1.03 bits per heavy atom. The highest BCUT2D eigenvalue weighted by Gasteiger charge is 2.23. The van der Waals surface area contributed by atoms with Gasteiger partial charge in [-0.3, -0.25) is 0 Å². The molecule has 1 aromatic heterocycles. The first-order valence-electron chi connectivity index (χ1n) is 10.8. The van der Waals surface area contributed by atoms with Gasteiger partial charge in [-0.15, -0.1) is 0 Å². The van der Waals surface area contributed by atoms with Gasteiger partial charge in [0, 0.05) is 34.8 Å². The number of methoxy groups -OCH3 is 1. The van der Waals surface area contributed by atoms with Crippen molar-refractivity contribution in [2.75, 3.05) is 18.7 Å². The third kappa shape index (κ3) is 3.50. The number of anilines is 1. The largest absolute Gasteiger partial charge is 0.497 e. The second-order valence-corrected chi connectivity index (χ2v) is 8.07. The van der Waals surface area contributed by atoms with Gasteiger partial charge in [-0.2, -0.15) is 0 Å². The molecule has 0 fully saturated rings. The van der Waals surface area contributed by atoms with Crippen LogP contribution in [0.25, 0.3) is 22.1 Å². The maximum Gasteiger partial charge on any atom is 0.336 e. The number of hydrogen-bond acceptors (Lipinski definition) is 5. The molecule has 4 aromatic rings. The molecule has 2 heterocycles. The van der Waals surface area contributed by atoms with Crippen LogP contribution in [-0.2, 0) is 13.0 Å². The van der Waals surface area contributed by atoms with Crippen LogP contribution in [0.5, 0.6) is 11.5 Å². The molecule has 0 bridgehead atoms. The molecule has 1 aliphatic rings. The zero-order valence-electron chi connectivity index (χ0n) is 18.5. The average molecular weight is 428 g/mol. The quantitative estimate of drug-likeness (QED) is 0.391. The summed E-state index contributed by atoms with van der Waals surface area (Å²) in [4.78, 5) is 14.6. The standard InChI is InChI=1S/C27H25NO4/c1-4-18-5-9-21(10-6-18)28-15-20-13-24-23(19-7-11-22(30-3)12-8-19)14-25(29)32-27(24)17(2)26(20)31-16-28/h5-14H,4,15-16H2,1-3H3. The summed E-state index contributed by atoms with van der Waals surface area (Å²) >= 11 is 0. The van der Waals surface area contributed by atoms with Gasteiger partial charge >= 0.3 is 5.63 Å². The lowest BCUT2D eigenvalue weighted by Gasteiger charge is -2.32. The van der Waals surface area contributed by atoms with Crippen LogP contribution in [0, 0.1) is 6.92 Å². The number of benzene rings is 3. The van der Waals surface area contributed by atoms with Crippen LogP contribution < -0.4 is 20.0 Å². The molecule has 0 radical (unpaired) electrons. The Kier molecular flexibility index (Phi) is 5.10. The van der Waals surface area contributed by atoms with Crippen LogP contribution in [0.15, 0.2) is 69.9 Å². The number of aryl methyl sites for hydroxylation is 2.